The Morgan fingerprint density at radius 1 is 0.466 bits per heavy atom. The number of aliphatic hydroxyl groups is 1. The number of nitrogens with zero attached hydrogens (tertiary/aromatic N) is 1. The molecule has 1 saturated heterocycles. The quantitative estimate of drug-likeness (QED) is 0.0199. The van der Waals surface area contributed by atoms with Crippen LogP contribution in [0.15, 0.2) is 172 Å². The number of carbonyl (C=O) groups excluding carboxylic acids is 3. The molecule has 0 amide bonds. The number of allylic oxidation sites excluding steroid dienone is 12. The monoisotopic (exact) mass is 2030 g/mol. The number of hydrogen-bond donors (Lipinski definition) is 1. The van der Waals surface area contributed by atoms with Gasteiger partial charge in [-0.25, -0.2) is 0 Å². The average molecular weight is 2030 g/mol. The summed E-state index contributed by atoms with van der Waals surface area (Å²) in [4.78, 5) is 34.4. The van der Waals surface area contributed by atoms with Crippen molar-refractivity contribution < 1.29 is 87.3 Å². The standard InChI is InChI=1S/C25H40O4.C24H42O2.C23H38O3.C20H33NO2.C20H34O3.C4H8.CH3.Re/c1-9-11-19(27-18(6)26)14-22-20(16(3)4)13-12-17(5)21(22)15-24-23(10-2)28-25(7,8)29-24;1-9-11-18(5)14-23-21(17(3)4)13-12-19(6)22(23)15-20(7)24(10-2)26-16-25-8;1-8-10-19(26-18(7)24)14-22-20(15(3)4)12-11-16(5)21(22)13-17(6)23(25)9-2;2*1-7-20(23-13-22-6)16(5)12-19-15(4)8-9-17(14(2)3)18(19)10-11-21;1-3-4-2;;/h9-10,12,16,19-24H,1-2,11,13-15H2,3-8H3;9-10,12,17-18,20-24H,1-2,11,13-16H2,3-8H3;8-9,11,15,17,19-23,25H,1-2,10,12-14H2,3-7H3;7-8,14,16-20H,1,9-10,12-13H2,2-6H3;7-8,11,14,16-20H,1,9-10,12-13H2,2-6H3;3H,1,4H2,2H3;1H3;/q;;;;;;-1;/t19?,20-,21+,22-,23+,24+;18?,20-,21+,22-,23+,24-;17-,19?,20+,21-,22+,23-;2*16-,17+,18+,19-,20-;;;/m10000.../s1. The number of ether oxygens (including phenoxy) is 10. The number of aldehydes is 1. The zero-order chi connectivity index (χ0) is 99.5. The van der Waals surface area contributed by atoms with Gasteiger partial charge in [0, 0.05) is 81.3 Å². The van der Waals surface area contributed by atoms with Gasteiger partial charge in [0.15, 0.2) is 5.79 Å². The van der Waals surface area contributed by atoms with E-state index in [0.717, 1.165) is 108 Å². The summed E-state index contributed by atoms with van der Waals surface area (Å²) in [6.45, 7) is 89.8. The average Bonchev–Trinajstić information content (AvgIpc) is 1.74. The van der Waals surface area contributed by atoms with Gasteiger partial charge in [0.05, 0.1) is 36.6 Å². The van der Waals surface area contributed by atoms with Crippen LogP contribution in [0, 0.1) is 167 Å². The molecule has 0 spiro atoms. The van der Waals surface area contributed by atoms with Gasteiger partial charge in [-0.15, -0.1) is 59.2 Å². The van der Waals surface area contributed by atoms with Gasteiger partial charge in [-0.05, 0) is 293 Å². The first-order valence-corrected chi connectivity index (χ1v) is 50.4. The van der Waals surface area contributed by atoms with Gasteiger partial charge in [-0.1, -0.05) is 224 Å². The molecule has 1 aliphatic heterocycles. The van der Waals surface area contributed by atoms with Gasteiger partial charge in [-0.2, -0.15) is 5.26 Å². The van der Waals surface area contributed by atoms with E-state index in [0.29, 0.717) is 157 Å². The van der Waals surface area contributed by atoms with Crippen molar-refractivity contribution in [2.45, 2.75) is 350 Å². The maximum atomic E-state index is 11.6. The molecule has 1 fully saturated rings. The minimum absolute atomic E-state index is 0. The molecule has 5 aliphatic carbocycles. The predicted molar refractivity (Wildman–Crippen MR) is 556 cm³/mol. The molecule has 0 aromatic carbocycles. The Morgan fingerprint density at radius 2 is 0.774 bits per heavy atom. The molecular formula is C117H198NO14Re-. The van der Waals surface area contributed by atoms with Crippen LogP contribution in [0.4, 0.5) is 0 Å². The van der Waals surface area contributed by atoms with Crippen LogP contribution in [0.1, 0.15) is 295 Å². The fraction of sp³-hybridized carbons (Fsp3) is 0.718. The molecule has 16 heteroatoms. The minimum Gasteiger partial charge on any atom is -0.462 e. The van der Waals surface area contributed by atoms with Crippen LogP contribution in [-0.2, 0) is 82.2 Å². The van der Waals surface area contributed by atoms with Crippen molar-refractivity contribution in [1.29, 1.82) is 5.26 Å². The van der Waals surface area contributed by atoms with Crippen LogP contribution >= 0.6 is 0 Å². The van der Waals surface area contributed by atoms with Gasteiger partial charge < -0.3 is 64.7 Å². The summed E-state index contributed by atoms with van der Waals surface area (Å²) < 4.78 is 55.9. The molecule has 28 atom stereocenters. The van der Waals surface area contributed by atoms with Crippen molar-refractivity contribution in [3.63, 3.8) is 0 Å². The van der Waals surface area contributed by atoms with Gasteiger partial charge in [0.1, 0.15) is 45.0 Å². The molecule has 1 radical (unpaired) electrons. The third-order valence-electron chi connectivity index (χ3n) is 29.7. The number of nitriles is 1. The van der Waals surface area contributed by atoms with Crippen molar-refractivity contribution in [3.8, 4) is 6.07 Å². The van der Waals surface area contributed by atoms with Crippen LogP contribution in [0.5, 0.6) is 0 Å². The molecule has 1 N–H and O–H groups in total. The van der Waals surface area contributed by atoms with E-state index in [9.17, 15) is 24.8 Å². The van der Waals surface area contributed by atoms with Crippen molar-refractivity contribution in [3.05, 3.63) is 180 Å². The fourth-order valence-corrected chi connectivity index (χ4v) is 22.3. The molecule has 133 heavy (non-hydrogen) atoms. The second kappa shape index (κ2) is 70.4. The van der Waals surface area contributed by atoms with Crippen molar-refractivity contribution in [2.75, 3.05) is 41.7 Å². The molecule has 0 aromatic rings. The van der Waals surface area contributed by atoms with Crippen LogP contribution in [-0.4, -0.2) is 120 Å². The zero-order valence-electron chi connectivity index (χ0n) is 89.7. The van der Waals surface area contributed by atoms with E-state index in [4.69, 9.17) is 47.4 Å². The zero-order valence-corrected chi connectivity index (χ0v) is 92.4. The van der Waals surface area contributed by atoms with Crippen LogP contribution < -0.4 is 0 Å². The topological polar surface area (TPSA) is 188 Å². The van der Waals surface area contributed by atoms with E-state index in [-0.39, 0.29) is 102 Å². The fourth-order valence-electron chi connectivity index (χ4n) is 22.3. The molecule has 3 unspecified atom stereocenters. The molecule has 0 aromatic heterocycles. The molecule has 0 bridgehead atoms. The van der Waals surface area contributed by atoms with Crippen LogP contribution in [0.2, 0.25) is 0 Å². The first kappa shape index (κ1) is 130. The summed E-state index contributed by atoms with van der Waals surface area (Å²) in [6.07, 6.45) is 47.5. The van der Waals surface area contributed by atoms with Gasteiger partial charge >= 0.3 is 11.9 Å². The molecule has 763 valence electrons. The molecule has 0 saturated carbocycles. The Labute approximate surface area is 830 Å². The number of esters is 2. The summed E-state index contributed by atoms with van der Waals surface area (Å²) in [5.74, 6) is 11.8. The molecule has 6 rings (SSSR count). The van der Waals surface area contributed by atoms with E-state index in [1.165, 1.54) is 49.0 Å². The Hall–Kier alpha value is -5.24. The van der Waals surface area contributed by atoms with Crippen LogP contribution in [0.3, 0.4) is 0 Å². The Morgan fingerprint density at radius 3 is 1.07 bits per heavy atom. The van der Waals surface area contributed by atoms with Gasteiger partial charge in [0.2, 0.25) is 0 Å². The van der Waals surface area contributed by atoms with E-state index in [2.05, 4.69) is 247 Å². The van der Waals surface area contributed by atoms with Crippen molar-refractivity contribution in [2.24, 2.45) is 148 Å². The largest absolute Gasteiger partial charge is 0.462 e. The Bertz CT molecular complexity index is 3520. The minimum atomic E-state index is -0.591. The molecule has 1 heterocycles. The van der Waals surface area contributed by atoms with E-state index < -0.39 is 11.9 Å². The van der Waals surface area contributed by atoms with Crippen LogP contribution in [0.25, 0.3) is 0 Å². The normalized spacial score (nSPS) is 27.2. The SMILES string of the molecule is C=CCC.C=CCC(C)C[C@@H]1[C@@H](C(C)C)CC=C(C)[C@@H]1C[C@H](C)[C@H](C=C)OCOC.C=CCC(C[C@@H]1[C@@H](C(C)C)CC=C(C)[C@@H]1C[C@@H]1OC(C)(C)O[C@H]1C=C)OC(C)=O.C=CCC(C[C@@H]1[C@@H](C(C)C)CC=C(C)[C@@H]1C[C@H](C)[C@@H](O)C=C)OC(C)=O.C=C[C@H](OCOC)[C@@H](C)C[C@H]1C(C)=CC[C@H](C(C)C)[C@H]1CC#N.C=C[C@H](OCOC)[C@@H](C)C[C@H]1C(C)=CC[C@H](C(C)C)[C@H]1CC=O.[CH3-].[Re]. The first-order chi connectivity index (χ1) is 62.0. The summed E-state index contributed by atoms with van der Waals surface area (Å²) in [5.41, 5.74) is 7.23. The third-order valence-corrected chi connectivity index (χ3v) is 29.7. The third kappa shape index (κ3) is 45.7. The first-order valence-electron chi connectivity index (χ1n) is 50.4. The Balaban J connectivity index is 0. The van der Waals surface area contributed by atoms with E-state index in [1.807, 2.05) is 56.4 Å². The summed E-state index contributed by atoms with van der Waals surface area (Å²) >= 11 is 0. The number of carbonyl (C=O) groups is 3. The molecular weight excluding hydrogens is 1830 g/mol. The van der Waals surface area contributed by atoms with E-state index in [1.54, 1.807) is 33.0 Å². The number of hydrogen-bond acceptors (Lipinski definition) is 15. The van der Waals surface area contributed by atoms with Crippen molar-refractivity contribution >= 4 is 18.2 Å². The molecule has 15 nitrogen and oxygen atoms in total. The summed E-state index contributed by atoms with van der Waals surface area (Å²) in [6, 6.07) is 2.42. The number of aliphatic hydroxyl groups excluding tert-OH is 1. The smallest absolute Gasteiger partial charge is 0.302 e. The van der Waals surface area contributed by atoms with E-state index >= 15 is 0 Å². The molecule has 6 aliphatic rings. The van der Waals surface area contributed by atoms with Gasteiger partial charge in [-0.3, -0.25) is 9.59 Å². The summed E-state index contributed by atoms with van der Waals surface area (Å²) in [5, 5.41) is 19.5. The maximum Gasteiger partial charge on any atom is 0.302 e. The van der Waals surface area contributed by atoms with Crippen molar-refractivity contribution in [1.82, 2.24) is 0 Å². The number of rotatable bonds is 51. The predicted octanol–water partition coefficient (Wildman–Crippen LogP) is 29.4. The van der Waals surface area contributed by atoms with Gasteiger partial charge in [0.25, 0.3) is 0 Å². The number of methoxy groups -OCH3 is 3. The Kier molecular flexibility index (Phi) is 68.7. The second-order valence-electron chi connectivity index (χ2n) is 41.6. The summed E-state index contributed by atoms with van der Waals surface area (Å²) in [7, 11) is 4.93. The second-order valence-corrected chi connectivity index (χ2v) is 41.6. The maximum absolute atomic E-state index is 11.6.